The molecule has 0 radical (unpaired) electrons. The highest BCUT2D eigenvalue weighted by molar-refractivity contribution is 5.60. The number of hydrogen-bond acceptors (Lipinski definition) is 1. The summed E-state index contributed by atoms with van der Waals surface area (Å²) >= 11 is 0. The van der Waals surface area contributed by atoms with Crippen LogP contribution >= 0.6 is 0 Å². The van der Waals surface area contributed by atoms with Gasteiger partial charge < -0.3 is 5.11 Å². The van der Waals surface area contributed by atoms with Crippen LogP contribution < -0.4 is 0 Å². The first-order chi connectivity index (χ1) is 15.1. The molecule has 0 bridgehead atoms. The van der Waals surface area contributed by atoms with Gasteiger partial charge in [-0.25, -0.2) is 0 Å². The second kappa shape index (κ2) is 8.54. The van der Waals surface area contributed by atoms with Gasteiger partial charge in [-0.15, -0.1) is 0 Å². The molecule has 3 aliphatic rings. The minimum atomic E-state index is -0.176. The van der Waals surface area contributed by atoms with Crippen molar-refractivity contribution in [3.8, 4) is 5.75 Å². The summed E-state index contributed by atoms with van der Waals surface area (Å²) in [6.45, 7) is 6.85. The van der Waals surface area contributed by atoms with E-state index in [1.807, 2.05) is 6.07 Å². The van der Waals surface area contributed by atoms with Crippen LogP contribution in [0.5, 0.6) is 5.75 Å². The topological polar surface area (TPSA) is 20.2 Å². The zero-order valence-corrected chi connectivity index (χ0v) is 19.3. The number of phenols is 1. The minimum Gasteiger partial charge on any atom is -0.508 e. The number of rotatable bonds is 6. The van der Waals surface area contributed by atoms with Crippen LogP contribution in [0.25, 0.3) is 0 Å². The predicted octanol–water partition coefficient (Wildman–Crippen LogP) is 7.88. The van der Waals surface area contributed by atoms with Crippen molar-refractivity contribution >= 4 is 0 Å². The molecule has 3 unspecified atom stereocenters. The third kappa shape index (κ3) is 3.49. The zero-order valence-electron chi connectivity index (χ0n) is 19.3. The molecular weight excluding hydrogens is 376 g/mol. The number of phenolic OH excluding ortho intramolecular Hbond substituents is 1. The number of benzene rings is 1. The van der Waals surface area contributed by atoms with Gasteiger partial charge in [-0.3, -0.25) is 0 Å². The SMILES string of the molecule is CCC1(c2ccc(O)c(C3(CC)C=CC=CC3)c2C2(CC)C=CC=CC2)C=CC=CC1. The Morgan fingerprint density at radius 3 is 1.48 bits per heavy atom. The van der Waals surface area contributed by atoms with Gasteiger partial charge in [0.05, 0.1) is 0 Å². The van der Waals surface area contributed by atoms with E-state index < -0.39 is 0 Å². The Balaban J connectivity index is 2.09. The van der Waals surface area contributed by atoms with Gasteiger partial charge in [-0.05, 0) is 55.7 Å². The summed E-state index contributed by atoms with van der Waals surface area (Å²) in [6.07, 6.45) is 32.9. The van der Waals surface area contributed by atoms with Crippen LogP contribution in [0.2, 0.25) is 0 Å². The fourth-order valence-electron chi connectivity index (χ4n) is 5.92. The number of hydrogen-bond donors (Lipinski definition) is 1. The fraction of sp³-hybridized carbons (Fsp3) is 0.400. The monoisotopic (exact) mass is 412 g/mol. The maximum absolute atomic E-state index is 11.4. The van der Waals surface area contributed by atoms with Gasteiger partial charge in [0.2, 0.25) is 0 Å². The van der Waals surface area contributed by atoms with E-state index in [-0.39, 0.29) is 16.2 Å². The van der Waals surface area contributed by atoms with Crippen molar-refractivity contribution in [2.75, 3.05) is 0 Å². The molecule has 31 heavy (non-hydrogen) atoms. The third-order valence-electron chi connectivity index (χ3n) is 8.04. The molecule has 4 rings (SSSR count). The molecule has 0 fully saturated rings. The molecule has 0 saturated carbocycles. The van der Waals surface area contributed by atoms with E-state index in [0.29, 0.717) is 5.75 Å². The molecule has 1 nitrogen and oxygen atoms in total. The standard InChI is InChI=1S/C30H36O/c1-4-28(18-10-7-11-19-28)24-16-17-25(31)27(30(6-3)22-14-9-15-23-30)26(24)29(5-2)20-12-8-13-21-29/h7-18,20,22,31H,4-6,19,21,23H2,1-3H3. The first-order valence-corrected chi connectivity index (χ1v) is 12.0. The van der Waals surface area contributed by atoms with Gasteiger partial charge in [-0.2, -0.15) is 0 Å². The van der Waals surface area contributed by atoms with Crippen LogP contribution in [-0.4, -0.2) is 5.11 Å². The molecule has 1 aromatic rings. The quantitative estimate of drug-likeness (QED) is 0.504. The molecule has 0 aromatic heterocycles. The van der Waals surface area contributed by atoms with E-state index in [0.717, 1.165) is 44.1 Å². The number of aromatic hydroxyl groups is 1. The molecule has 162 valence electrons. The second-order valence-corrected chi connectivity index (χ2v) is 9.39. The maximum Gasteiger partial charge on any atom is 0.119 e. The van der Waals surface area contributed by atoms with Crippen molar-refractivity contribution in [2.24, 2.45) is 0 Å². The summed E-state index contributed by atoms with van der Waals surface area (Å²) in [4.78, 5) is 0. The van der Waals surface area contributed by atoms with Crippen molar-refractivity contribution in [3.63, 3.8) is 0 Å². The number of allylic oxidation sites excluding steroid dienone is 12. The lowest BCUT2D eigenvalue weighted by Crippen LogP contribution is -2.37. The minimum absolute atomic E-state index is 0.0349. The Bertz CT molecular complexity index is 1000. The normalized spacial score (nSPS) is 31.5. The molecule has 1 heteroatoms. The molecule has 0 amide bonds. The van der Waals surface area contributed by atoms with Gasteiger partial charge in [0.15, 0.2) is 0 Å². The first-order valence-electron chi connectivity index (χ1n) is 12.0. The molecule has 0 saturated heterocycles. The third-order valence-corrected chi connectivity index (χ3v) is 8.04. The first kappa shape index (κ1) is 21.7. The Hall–Kier alpha value is -2.54. The van der Waals surface area contributed by atoms with E-state index in [9.17, 15) is 5.11 Å². The van der Waals surface area contributed by atoms with E-state index in [2.05, 4.69) is 99.7 Å². The average molecular weight is 413 g/mol. The molecule has 0 heterocycles. The average Bonchev–Trinajstić information content (AvgIpc) is 2.85. The molecule has 1 aromatic carbocycles. The Kier molecular flexibility index (Phi) is 5.97. The van der Waals surface area contributed by atoms with Crippen molar-refractivity contribution in [1.82, 2.24) is 0 Å². The van der Waals surface area contributed by atoms with Gasteiger partial charge in [0, 0.05) is 21.8 Å². The molecule has 3 aliphatic carbocycles. The van der Waals surface area contributed by atoms with Gasteiger partial charge >= 0.3 is 0 Å². The van der Waals surface area contributed by atoms with Crippen LogP contribution in [-0.2, 0) is 16.2 Å². The van der Waals surface area contributed by atoms with Crippen molar-refractivity contribution in [1.29, 1.82) is 0 Å². The summed E-state index contributed by atoms with van der Waals surface area (Å²) in [5, 5.41) is 11.4. The summed E-state index contributed by atoms with van der Waals surface area (Å²) in [6, 6.07) is 4.18. The molecule has 1 N–H and O–H groups in total. The van der Waals surface area contributed by atoms with E-state index in [4.69, 9.17) is 0 Å². The summed E-state index contributed by atoms with van der Waals surface area (Å²) in [5.74, 6) is 0.443. The van der Waals surface area contributed by atoms with Gasteiger partial charge in [0.1, 0.15) is 5.75 Å². The van der Waals surface area contributed by atoms with Crippen LogP contribution in [0.1, 0.15) is 76.0 Å². The highest BCUT2D eigenvalue weighted by Gasteiger charge is 2.44. The lowest BCUT2D eigenvalue weighted by molar-refractivity contribution is 0.405. The molecule has 0 aliphatic heterocycles. The highest BCUT2D eigenvalue weighted by atomic mass is 16.3. The molecule has 0 spiro atoms. The largest absolute Gasteiger partial charge is 0.508 e. The summed E-state index contributed by atoms with van der Waals surface area (Å²) in [7, 11) is 0. The van der Waals surface area contributed by atoms with Crippen LogP contribution in [0.3, 0.4) is 0 Å². The summed E-state index contributed by atoms with van der Waals surface area (Å²) < 4.78 is 0. The zero-order chi connectivity index (χ0) is 22.0. The van der Waals surface area contributed by atoms with Gasteiger partial charge in [0.25, 0.3) is 0 Å². The molecule has 3 atom stereocenters. The Morgan fingerprint density at radius 2 is 1.06 bits per heavy atom. The van der Waals surface area contributed by atoms with E-state index in [1.54, 1.807) is 0 Å². The van der Waals surface area contributed by atoms with E-state index >= 15 is 0 Å². The van der Waals surface area contributed by atoms with Crippen LogP contribution in [0.4, 0.5) is 0 Å². The van der Waals surface area contributed by atoms with Crippen molar-refractivity contribution in [2.45, 2.75) is 75.5 Å². The van der Waals surface area contributed by atoms with E-state index in [1.165, 1.54) is 11.1 Å². The molecular formula is C30H36O. The Morgan fingerprint density at radius 1 is 0.613 bits per heavy atom. The smallest absolute Gasteiger partial charge is 0.119 e. The van der Waals surface area contributed by atoms with Crippen LogP contribution in [0, 0.1) is 0 Å². The second-order valence-electron chi connectivity index (χ2n) is 9.39. The lowest BCUT2D eigenvalue weighted by atomic mass is 9.59. The summed E-state index contributed by atoms with van der Waals surface area (Å²) in [5.41, 5.74) is 3.58. The lowest BCUT2D eigenvalue weighted by Gasteiger charge is -2.44. The van der Waals surface area contributed by atoms with Crippen LogP contribution in [0.15, 0.2) is 85.0 Å². The van der Waals surface area contributed by atoms with Crippen molar-refractivity contribution in [3.05, 3.63) is 102 Å². The highest BCUT2D eigenvalue weighted by Crippen LogP contribution is 2.53. The fourth-order valence-corrected chi connectivity index (χ4v) is 5.92. The Labute approximate surface area is 188 Å². The van der Waals surface area contributed by atoms with Crippen molar-refractivity contribution < 1.29 is 5.11 Å². The maximum atomic E-state index is 11.4. The predicted molar refractivity (Wildman–Crippen MR) is 133 cm³/mol. The van der Waals surface area contributed by atoms with Gasteiger partial charge in [-0.1, -0.05) is 99.7 Å².